The van der Waals surface area contributed by atoms with Crippen LogP contribution >= 0.6 is 0 Å². The van der Waals surface area contributed by atoms with Crippen LogP contribution < -0.4 is 0 Å². The molecule has 1 rings (SSSR count). The Kier molecular flexibility index (Phi) is 4.56. The summed E-state index contributed by atoms with van der Waals surface area (Å²) < 4.78 is 10.7. The van der Waals surface area contributed by atoms with Gasteiger partial charge >= 0.3 is 0 Å². The summed E-state index contributed by atoms with van der Waals surface area (Å²) in [4.78, 5) is 0. The van der Waals surface area contributed by atoms with E-state index >= 15 is 0 Å². The van der Waals surface area contributed by atoms with Gasteiger partial charge in [-0.3, -0.25) is 0 Å². The van der Waals surface area contributed by atoms with Gasteiger partial charge in [-0.1, -0.05) is 6.92 Å². The Balaban J connectivity index is 2.55. The number of aliphatic hydroxyl groups is 1. The van der Waals surface area contributed by atoms with Gasteiger partial charge in [-0.25, -0.2) is 0 Å². The zero-order valence-electron chi connectivity index (χ0n) is 10.3. The summed E-state index contributed by atoms with van der Waals surface area (Å²) in [7, 11) is 1.70. The van der Waals surface area contributed by atoms with E-state index in [9.17, 15) is 5.11 Å². The molecule has 15 heavy (non-hydrogen) atoms. The average molecular weight is 216 g/mol. The standard InChI is InChI=1S/C12H24O3/c1-9(5-6-14-4)12(13)7-10(2)15-11(3)8-12/h9-11,13H,5-8H2,1-4H3. The minimum Gasteiger partial charge on any atom is -0.389 e. The predicted molar refractivity (Wildman–Crippen MR) is 59.8 cm³/mol. The van der Waals surface area contributed by atoms with Crippen LogP contribution in [-0.2, 0) is 9.47 Å². The number of methoxy groups -OCH3 is 1. The lowest BCUT2D eigenvalue weighted by Gasteiger charge is -2.43. The molecule has 1 aliphatic heterocycles. The van der Waals surface area contributed by atoms with E-state index in [0.717, 1.165) is 19.3 Å². The van der Waals surface area contributed by atoms with Gasteiger partial charge in [0.1, 0.15) is 0 Å². The molecular weight excluding hydrogens is 192 g/mol. The normalized spacial score (nSPS) is 39.0. The molecule has 1 fully saturated rings. The highest BCUT2D eigenvalue weighted by atomic mass is 16.5. The van der Waals surface area contributed by atoms with Crippen molar-refractivity contribution < 1.29 is 14.6 Å². The Morgan fingerprint density at radius 3 is 2.40 bits per heavy atom. The Hall–Kier alpha value is -0.120. The highest BCUT2D eigenvalue weighted by Gasteiger charge is 2.40. The largest absolute Gasteiger partial charge is 0.389 e. The molecule has 0 aliphatic carbocycles. The van der Waals surface area contributed by atoms with Gasteiger partial charge in [0, 0.05) is 26.6 Å². The first-order valence-corrected chi connectivity index (χ1v) is 5.84. The van der Waals surface area contributed by atoms with Gasteiger partial charge in [-0.15, -0.1) is 0 Å². The quantitative estimate of drug-likeness (QED) is 0.781. The van der Waals surface area contributed by atoms with Gasteiger partial charge in [0.15, 0.2) is 0 Å². The second kappa shape index (κ2) is 5.28. The van der Waals surface area contributed by atoms with E-state index in [1.165, 1.54) is 0 Å². The van der Waals surface area contributed by atoms with Crippen molar-refractivity contribution in [2.75, 3.05) is 13.7 Å². The summed E-state index contributed by atoms with van der Waals surface area (Å²) in [5.41, 5.74) is -0.574. The van der Waals surface area contributed by atoms with E-state index in [1.807, 2.05) is 13.8 Å². The fourth-order valence-electron chi connectivity index (χ4n) is 2.54. The molecule has 0 aromatic carbocycles. The van der Waals surface area contributed by atoms with Gasteiger partial charge in [0.2, 0.25) is 0 Å². The van der Waals surface area contributed by atoms with Crippen LogP contribution in [0.1, 0.15) is 40.0 Å². The fraction of sp³-hybridized carbons (Fsp3) is 1.00. The molecule has 0 aromatic heterocycles. The lowest BCUT2D eigenvalue weighted by Crippen LogP contribution is -2.48. The number of hydrogen-bond acceptors (Lipinski definition) is 3. The summed E-state index contributed by atoms with van der Waals surface area (Å²) in [5.74, 6) is 0.270. The minimum atomic E-state index is -0.574. The zero-order valence-corrected chi connectivity index (χ0v) is 10.3. The maximum atomic E-state index is 10.6. The lowest BCUT2D eigenvalue weighted by atomic mass is 9.77. The van der Waals surface area contributed by atoms with E-state index in [1.54, 1.807) is 7.11 Å². The fourth-order valence-corrected chi connectivity index (χ4v) is 2.54. The number of hydrogen-bond donors (Lipinski definition) is 1. The summed E-state index contributed by atoms with van der Waals surface area (Å²) in [6.45, 7) is 6.88. The van der Waals surface area contributed by atoms with E-state index in [-0.39, 0.29) is 18.1 Å². The first kappa shape index (κ1) is 12.9. The molecule has 0 saturated carbocycles. The molecule has 0 bridgehead atoms. The van der Waals surface area contributed by atoms with Crippen molar-refractivity contribution in [2.24, 2.45) is 5.92 Å². The third-order valence-corrected chi connectivity index (χ3v) is 3.42. The molecule has 0 radical (unpaired) electrons. The molecule has 3 heteroatoms. The zero-order chi connectivity index (χ0) is 11.5. The Labute approximate surface area is 92.8 Å². The summed E-state index contributed by atoms with van der Waals surface area (Å²) >= 11 is 0. The number of rotatable bonds is 4. The third-order valence-electron chi connectivity index (χ3n) is 3.42. The molecule has 1 heterocycles. The van der Waals surface area contributed by atoms with Crippen LogP contribution in [0.2, 0.25) is 0 Å². The molecule has 1 saturated heterocycles. The van der Waals surface area contributed by atoms with Crippen LogP contribution in [0, 0.1) is 5.92 Å². The van der Waals surface area contributed by atoms with Gasteiger partial charge < -0.3 is 14.6 Å². The highest BCUT2D eigenvalue weighted by Crippen LogP contribution is 2.36. The second-order valence-corrected chi connectivity index (χ2v) is 4.95. The van der Waals surface area contributed by atoms with Crippen molar-refractivity contribution in [3.05, 3.63) is 0 Å². The molecule has 1 aliphatic rings. The Bertz CT molecular complexity index is 183. The smallest absolute Gasteiger partial charge is 0.0723 e. The van der Waals surface area contributed by atoms with Crippen LogP contribution in [0.4, 0.5) is 0 Å². The Morgan fingerprint density at radius 2 is 1.93 bits per heavy atom. The van der Waals surface area contributed by atoms with Crippen LogP contribution in [0.5, 0.6) is 0 Å². The molecule has 90 valence electrons. The maximum absolute atomic E-state index is 10.6. The predicted octanol–water partition coefficient (Wildman–Crippen LogP) is 1.98. The Morgan fingerprint density at radius 1 is 1.40 bits per heavy atom. The van der Waals surface area contributed by atoms with Crippen LogP contribution in [0.15, 0.2) is 0 Å². The van der Waals surface area contributed by atoms with Crippen molar-refractivity contribution in [1.29, 1.82) is 0 Å². The lowest BCUT2D eigenvalue weighted by molar-refractivity contribution is -0.155. The van der Waals surface area contributed by atoms with Gasteiger partial charge in [0.05, 0.1) is 17.8 Å². The van der Waals surface area contributed by atoms with Crippen molar-refractivity contribution in [3.63, 3.8) is 0 Å². The van der Waals surface area contributed by atoms with Crippen molar-refractivity contribution in [1.82, 2.24) is 0 Å². The SMILES string of the molecule is COCCC(C)C1(O)CC(C)OC(C)C1. The topological polar surface area (TPSA) is 38.7 Å². The number of ether oxygens (including phenoxy) is 2. The van der Waals surface area contributed by atoms with Gasteiger partial charge in [0.25, 0.3) is 0 Å². The summed E-state index contributed by atoms with van der Waals surface area (Å²) in [6, 6.07) is 0. The van der Waals surface area contributed by atoms with E-state index < -0.39 is 5.60 Å². The molecule has 3 nitrogen and oxygen atoms in total. The highest BCUT2D eigenvalue weighted by molar-refractivity contribution is 4.91. The van der Waals surface area contributed by atoms with Gasteiger partial charge in [-0.2, -0.15) is 0 Å². The first-order chi connectivity index (χ1) is 6.98. The van der Waals surface area contributed by atoms with Crippen LogP contribution in [0.25, 0.3) is 0 Å². The summed E-state index contributed by atoms with van der Waals surface area (Å²) in [6.07, 6.45) is 2.70. The van der Waals surface area contributed by atoms with Crippen molar-refractivity contribution >= 4 is 0 Å². The second-order valence-electron chi connectivity index (χ2n) is 4.95. The molecular formula is C12H24O3. The third kappa shape index (κ3) is 3.44. The van der Waals surface area contributed by atoms with Crippen molar-refractivity contribution in [3.8, 4) is 0 Å². The molecule has 3 unspecified atom stereocenters. The molecule has 0 amide bonds. The van der Waals surface area contributed by atoms with Crippen molar-refractivity contribution in [2.45, 2.75) is 57.8 Å². The van der Waals surface area contributed by atoms with Crippen LogP contribution in [-0.4, -0.2) is 36.6 Å². The van der Waals surface area contributed by atoms with E-state index in [2.05, 4.69) is 6.92 Å². The summed E-state index contributed by atoms with van der Waals surface area (Å²) in [5, 5.41) is 10.6. The molecule has 1 N–H and O–H groups in total. The molecule has 3 atom stereocenters. The molecule has 0 spiro atoms. The average Bonchev–Trinajstić information content (AvgIpc) is 2.11. The monoisotopic (exact) mass is 216 g/mol. The van der Waals surface area contributed by atoms with E-state index in [4.69, 9.17) is 9.47 Å². The molecule has 0 aromatic rings. The minimum absolute atomic E-state index is 0.156. The first-order valence-electron chi connectivity index (χ1n) is 5.84. The van der Waals surface area contributed by atoms with Gasteiger partial charge in [-0.05, 0) is 26.2 Å². The van der Waals surface area contributed by atoms with E-state index in [0.29, 0.717) is 6.61 Å². The van der Waals surface area contributed by atoms with Crippen LogP contribution in [0.3, 0.4) is 0 Å². The maximum Gasteiger partial charge on any atom is 0.0723 e.